The number of thiazole rings is 1. The minimum atomic E-state index is -0.857. The van der Waals surface area contributed by atoms with Gasteiger partial charge in [0, 0.05) is 43.3 Å². The number of fused-ring (bicyclic) bond motifs is 3. The Morgan fingerprint density at radius 1 is 1.16 bits per heavy atom. The lowest BCUT2D eigenvalue weighted by Gasteiger charge is -2.38. The van der Waals surface area contributed by atoms with Crippen LogP contribution in [0.15, 0.2) is 28.1 Å². The van der Waals surface area contributed by atoms with Gasteiger partial charge in [-0.2, -0.15) is 4.98 Å². The highest BCUT2D eigenvalue weighted by Gasteiger charge is 2.44. The Kier molecular flexibility index (Phi) is 4.17. The molecule has 0 saturated carbocycles. The number of anilines is 1. The summed E-state index contributed by atoms with van der Waals surface area (Å²) in [6.45, 7) is 2.68. The van der Waals surface area contributed by atoms with Gasteiger partial charge in [0.25, 0.3) is 11.9 Å². The third kappa shape index (κ3) is 2.96. The lowest BCUT2D eigenvalue weighted by molar-refractivity contribution is 0.0652. The van der Waals surface area contributed by atoms with E-state index in [1.807, 2.05) is 21.2 Å². The van der Waals surface area contributed by atoms with Crippen molar-refractivity contribution in [2.45, 2.75) is 31.3 Å². The number of rotatable bonds is 3. The largest absolute Gasteiger partial charge is 0.465 e. The van der Waals surface area contributed by atoms with Crippen LogP contribution in [0, 0.1) is 0 Å². The standard InChI is InChI=1S/C21H21N5O4S/c27-19(24-5-1-6-24)12-8-15(18-22-4-7-31-18)17-16(9-12)23-20(30-17)25-10-13-2-3-14(11-25)26(13)21(28)29/h4,7-9,13-14H,1-3,5-6,10-11H2,(H,28,29). The molecule has 3 aliphatic rings. The molecule has 0 spiro atoms. The maximum atomic E-state index is 12.9. The number of carbonyl (C=O) groups excluding carboxylic acids is 1. The summed E-state index contributed by atoms with van der Waals surface area (Å²) in [5, 5.41) is 12.2. The van der Waals surface area contributed by atoms with E-state index in [0.717, 1.165) is 42.9 Å². The van der Waals surface area contributed by atoms with Crippen LogP contribution in [0.5, 0.6) is 0 Å². The number of likely N-dealkylation sites (tertiary alicyclic amines) is 1. The lowest BCUT2D eigenvalue weighted by atomic mass is 10.1. The highest BCUT2D eigenvalue weighted by atomic mass is 32.1. The summed E-state index contributed by atoms with van der Waals surface area (Å²) >= 11 is 1.49. The fraction of sp³-hybridized carbons (Fsp3) is 0.429. The van der Waals surface area contributed by atoms with Crippen LogP contribution in [0.1, 0.15) is 29.6 Å². The number of hydrogen-bond acceptors (Lipinski definition) is 7. The SMILES string of the molecule is O=C(c1cc(-c2nccs2)c2oc(N3CC4CCC(C3)N4C(=O)O)nc2c1)N1CCC1. The third-order valence-electron chi connectivity index (χ3n) is 6.51. The van der Waals surface area contributed by atoms with Crippen molar-refractivity contribution in [3.8, 4) is 10.6 Å². The first kappa shape index (κ1) is 18.6. The van der Waals surface area contributed by atoms with Crippen molar-refractivity contribution >= 4 is 40.5 Å². The minimum Gasteiger partial charge on any atom is -0.465 e. The van der Waals surface area contributed by atoms with Crippen LogP contribution in [0.4, 0.5) is 10.8 Å². The van der Waals surface area contributed by atoms with Crippen LogP contribution in [0.2, 0.25) is 0 Å². The smallest absolute Gasteiger partial charge is 0.407 e. The van der Waals surface area contributed by atoms with Gasteiger partial charge in [0.05, 0.1) is 17.6 Å². The second-order valence-electron chi connectivity index (χ2n) is 8.33. The third-order valence-corrected chi connectivity index (χ3v) is 7.31. The van der Waals surface area contributed by atoms with E-state index in [4.69, 9.17) is 9.40 Å². The van der Waals surface area contributed by atoms with Crippen molar-refractivity contribution in [2.24, 2.45) is 0 Å². The van der Waals surface area contributed by atoms with Crippen LogP contribution in [0.3, 0.4) is 0 Å². The summed E-state index contributed by atoms with van der Waals surface area (Å²) in [5.41, 5.74) is 2.59. The van der Waals surface area contributed by atoms with Crippen molar-refractivity contribution in [1.82, 2.24) is 19.8 Å². The summed E-state index contributed by atoms with van der Waals surface area (Å²) < 4.78 is 6.21. The molecule has 6 rings (SSSR count). The molecule has 2 unspecified atom stereocenters. The maximum absolute atomic E-state index is 12.9. The number of carboxylic acid groups (broad SMARTS) is 1. The van der Waals surface area contributed by atoms with Gasteiger partial charge in [-0.05, 0) is 31.4 Å². The average molecular weight is 439 g/mol. The summed E-state index contributed by atoms with van der Waals surface area (Å²) in [6.07, 6.45) is 3.62. The van der Waals surface area contributed by atoms with Crippen molar-refractivity contribution in [3.05, 3.63) is 29.3 Å². The molecule has 3 aromatic rings. The quantitative estimate of drug-likeness (QED) is 0.669. The Hall–Kier alpha value is -3.14. The van der Waals surface area contributed by atoms with Crippen LogP contribution < -0.4 is 4.90 Å². The zero-order chi connectivity index (χ0) is 21.1. The normalized spacial score (nSPS) is 22.8. The lowest BCUT2D eigenvalue weighted by Crippen LogP contribution is -2.55. The van der Waals surface area contributed by atoms with Gasteiger partial charge in [-0.3, -0.25) is 9.69 Å². The molecule has 1 N–H and O–H groups in total. The van der Waals surface area contributed by atoms with E-state index >= 15 is 0 Å². The first-order valence-electron chi connectivity index (χ1n) is 10.5. The molecule has 3 saturated heterocycles. The Balaban J connectivity index is 1.40. The number of aromatic nitrogens is 2. The van der Waals surface area contributed by atoms with Crippen molar-refractivity contribution < 1.29 is 19.1 Å². The van der Waals surface area contributed by atoms with Crippen LogP contribution in [0.25, 0.3) is 21.7 Å². The van der Waals surface area contributed by atoms with Gasteiger partial charge in [0.1, 0.15) is 10.5 Å². The number of nitrogens with zero attached hydrogens (tertiary/aromatic N) is 5. The molecule has 2 bridgehead atoms. The maximum Gasteiger partial charge on any atom is 0.407 e. The van der Waals surface area contributed by atoms with Gasteiger partial charge in [-0.25, -0.2) is 9.78 Å². The highest BCUT2D eigenvalue weighted by Crippen LogP contribution is 2.37. The molecule has 2 amide bonds. The van der Waals surface area contributed by atoms with Crippen molar-refractivity contribution in [2.75, 3.05) is 31.1 Å². The zero-order valence-corrected chi connectivity index (χ0v) is 17.5. The Labute approximate surface area is 181 Å². The number of carbonyl (C=O) groups is 2. The molecular formula is C21H21N5O4S. The molecule has 31 heavy (non-hydrogen) atoms. The van der Waals surface area contributed by atoms with Crippen molar-refractivity contribution in [1.29, 1.82) is 0 Å². The second-order valence-corrected chi connectivity index (χ2v) is 9.23. The zero-order valence-electron chi connectivity index (χ0n) is 16.7. The van der Waals surface area contributed by atoms with Crippen molar-refractivity contribution in [3.63, 3.8) is 0 Å². The van der Waals surface area contributed by atoms with E-state index in [1.54, 1.807) is 17.2 Å². The van der Waals surface area contributed by atoms with Gasteiger partial charge >= 0.3 is 6.09 Å². The van der Waals surface area contributed by atoms with Gasteiger partial charge in [0.2, 0.25) is 0 Å². The topological polar surface area (TPSA) is 103 Å². The molecule has 160 valence electrons. The predicted molar refractivity (Wildman–Crippen MR) is 115 cm³/mol. The molecule has 10 heteroatoms. The number of benzene rings is 1. The van der Waals surface area contributed by atoms with Gasteiger partial charge in [-0.15, -0.1) is 11.3 Å². The summed E-state index contributed by atoms with van der Waals surface area (Å²) in [5.74, 6) is 0.00335. The fourth-order valence-electron chi connectivity index (χ4n) is 4.87. The molecule has 2 aromatic heterocycles. The molecule has 0 aliphatic carbocycles. The monoisotopic (exact) mass is 439 g/mol. The van der Waals surface area contributed by atoms with Crippen LogP contribution in [-0.4, -0.2) is 75.1 Å². The van der Waals surface area contributed by atoms with E-state index in [0.29, 0.717) is 35.8 Å². The van der Waals surface area contributed by atoms with E-state index in [1.165, 1.54) is 11.3 Å². The molecule has 2 atom stereocenters. The molecule has 5 heterocycles. The first-order valence-corrected chi connectivity index (χ1v) is 11.4. The highest BCUT2D eigenvalue weighted by molar-refractivity contribution is 7.13. The van der Waals surface area contributed by atoms with E-state index in [-0.39, 0.29) is 18.0 Å². The molecule has 0 radical (unpaired) electrons. The Morgan fingerprint density at radius 3 is 2.55 bits per heavy atom. The number of oxazole rings is 1. The van der Waals surface area contributed by atoms with Gasteiger partial charge in [0.15, 0.2) is 5.58 Å². The summed E-state index contributed by atoms with van der Waals surface area (Å²) in [4.78, 5) is 39.0. The Morgan fingerprint density at radius 2 is 1.94 bits per heavy atom. The van der Waals surface area contributed by atoms with E-state index in [9.17, 15) is 14.7 Å². The first-order chi connectivity index (χ1) is 15.1. The molecule has 9 nitrogen and oxygen atoms in total. The molecule has 1 aromatic carbocycles. The van der Waals surface area contributed by atoms with Gasteiger partial charge in [-0.1, -0.05) is 0 Å². The van der Waals surface area contributed by atoms with Crippen LogP contribution >= 0.6 is 11.3 Å². The van der Waals surface area contributed by atoms with E-state index < -0.39 is 6.09 Å². The second kappa shape index (κ2) is 6.94. The van der Waals surface area contributed by atoms with Gasteiger partial charge < -0.3 is 19.3 Å². The average Bonchev–Trinajstić information content (AvgIpc) is 3.43. The predicted octanol–water partition coefficient (Wildman–Crippen LogP) is 3.13. The summed E-state index contributed by atoms with van der Waals surface area (Å²) in [7, 11) is 0. The number of hydrogen-bond donors (Lipinski definition) is 1. The molecule has 3 aliphatic heterocycles. The molecule has 3 fully saturated rings. The van der Waals surface area contributed by atoms with E-state index in [2.05, 4.69) is 4.98 Å². The number of piperazine rings is 1. The Bertz CT molecular complexity index is 1160. The fourth-order valence-corrected chi connectivity index (χ4v) is 5.52. The molecular weight excluding hydrogens is 418 g/mol. The number of amides is 2. The minimum absolute atomic E-state index is 0.00335. The summed E-state index contributed by atoms with van der Waals surface area (Å²) in [6, 6.07) is 4.02. The van der Waals surface area contributed by atoms with Crippen LogP contribution in [-0.2, 0) is 0 Å².